The Labute approximate surface area is 120 Å². The molecule has 2 rings (SSSR count). The quantitative estimate of drug-likeness (QED) is 0.806. The molecule has 0 aliphatic carbocycles. The van der Waals surface area contributed by atoms with Crippen LogP contribution < -0.4 is 10.1 Å². The number of nitrogens with one attached hydrogen (secondary N) is 1. The standard InChI is InChI=1S/C15H14F3NO2/c16-12-6-7-13(15(18)14(12)17)19-8-10(20)9-21-11-4-2-1-3-5-11/h1-7,10,19-20H,8-9H2. The summed E-state index contributed by atoms with van der Waals surface area (Å²) in [5.74, 6) is -3.53. The Bertz CT molecular complexity index is 593. The number of hydrogen-bond donors (Lipinski definition) is 2. The molecule has 3 nitrogen and oxygen atoms in total. The Hall–Kier alpha value is -2.21. The maximum atomic E-state index is 13.4. The van der Waals surface area contributed by atoms with Gasteiger partial charge in [-0.05, 0) is 24.3 Å². The van der Waals surface area contributed by atoms with Crippen LogP contribution >= 0.6 is 0 Å². The van der Waals surface area contributed by atoms with Crippen molar-refractivity contribution in [2.24, 2.45) is 0 Å². The number of anilines is 1. The molecule has 0 aliphatic rings. The third-order valence-electron chi connectivity index (χ3n) is 2.75. The fourth-order valence-corrected chi connectivity index (χ4v) is 1.66. The first-order valence-electron chi connectivity index (χ1n) is 6.31. The smallest absolute Gasteiger partial charge is 0.196 e. The number of benzene rings is 2. The monoisotopic (exact) mass is 297 g/mol. The fourth-order valence-electron chi connectivity index (χ4n) is 1.66. The average Bonchev–Trinajstić information content (AvgIpc) is 2.51. The maximum Gasteiger partial charge on any atom is 0.196 e. The van der Waals surface area contributed by atoms with Gasteiger partial charge in [-0.1, -0.05) is 18.2 Å². The van der Waals surface area contributed by atoms with Crippen molar-refractivity contribution in [1.29, 1.82) is 0 Å². The normalized spacial score (nSPS) is 12.0. The predicted molar refractivity (Wildman–Crippen MR) is 72.7 cm³/mol. The zero-order chi connectivity index (χ0) is 15.2. The minimum atomic E-state index is -1.55. The summed E-state index contributed by atoms with van der Waals surface area (Å²) in [6.07, 6.45) is -0.933. The number of aliphatic hydroxyl groups excluding tert-OH is 1. The van der Waals surface area contributed by atoms with Gasteiger partial charge in [-0.3, -0.25) is 0 Å². The zero-order valence-corrected chi connectivity index (χ0v) is 11.0. The molecule has 0 saturated heterocycles. The van der Waals surface area contributed by atoms with Crippen LogP contribution in [0.25, 0.3) is 0 Å². The Morgan fingerprint density at radius 3 is 2.43 bits per heavy atom. The van der Waals surface area contributed by atoms with E-state index in [9.17, 15) is 18.3 Å². The van der Waals surface area contributed by atoms with Gasteiger partial charge in [-0.25, -0.2) is 13.2 Å². The number of hydrogen-bond acceptors (Lipinski definition) is 3. The molecule has 2 N–H and O–H groups in total. The summed E-state index contributed by atoms with van der Waals surface area (Å²) >= 11 is 0. The fraction of sp³-hybridized carbons (Fsp3) is 0.200. The molecule has 2 aromatic rings. The van der Waals surface area contributed by atoms with E-state index in [-0.39, 0.29) is 18.8 Å². The molecule has 0 amide bonds. The molecule has 1 atom stereocenters. The first-order chi connectivity index (χ1) is 10.1. The number of ether oxygens (including phenoxy) is 1. The Morgan fingerprint density at radius 1 is 1.00 bits per heavy atom. The molecule has 0 bridgehead atoms. The van der Waals surface area contributed by atoms with Crippen LogP contribution in [-0.4, -0.2) is 24.4 Å². The van der Waals surface area contributed by atoms with E-state index in [4.69, 9.17) is 4.74 Å². The lowest BCUT2D eigenvalue weighted by Crippen LogP contribution is -2.26. The molecule has 0 fully saturated rings. The highest BCUT2D eigenvalue weighted by Gasteiger charge is 2.14. The maximum absolute atomic E-state index is 13.4. The van der Waals surface area contributed by atoms with Crippen LogP contribution in [0.5, 0.6) is 5.75 Å². The van der Waals surface area contributed by atoms with E-state index < -0.39 is 23.6 Å². The highest BCUT2D eigenvalue weighted by atomic mass is 19.2. The summed E-state index contributed by atoms with van der Waals surface area (Å²) < 4.78 is 44.4. The molecule has 21 heavy (non-hydrogen) atoms. The minimum absolute atomic E-state index is 0.0116. The molecule has 0 radical (unpaired) electrons. The predicted octanol–water partition coefficient (Wildman–Crippen LogP) is 2.96. The lowest BCUT2D eigenvalue weighted by Gasteiger charge is -2.14. The topological polar surface area (TPSA) is 41.5 Å². The van der Waals surface area contributed by atoms with Crippen molar-refractivity contribution < 1.29 is 23.0 Å². The summed E-state index contributed by atoms with van der Waals surface area (Å²) in [5.41, 5.74) is -0.215. The van der Waals surface area contributed by atoms with Gasteiger partial charge >= 0.3 is 0 Å². The van der Waals surface area contributed by atoms with Gasteiger partial charge < -0.3 is 15.2 Å². The van der Waals surface area contributed by atoms with Crippen molar-refractivity contribution >= 4 is 5.69 Å². The first kappa shape index (κ1) is 15.2. The Kier molecular flexibility index (Phi) is 5.05. The molecular formula is C15H14F3NO2. The van der Waals surface area contributed by atoms with E-state index in [1.54, 1.807) is 24.3 Å². The van der Waals surface area contributed by atoms with E-state index in [1.165, 1.54) is 0 Å². The van der Waals surface area contributed by atoms with Gasteiger partial charge in [0.2, 0.25) is 0 Å². The molecule has 0 aromatic heterocycles. The van der Waals surface area contributed by atoms with E-state index in [1.807, 2.05) is 6.07 Å². The largest absolute Gasteiger partial charge is 0.491 e. The van der Waals surface area contributed by atoms with Crippen LogP contribution in [0.15, 0.2) is 42.5 Å². The third kappa shape index (κ3) is 4.13. The van der Waals surface area contributed by atoms with E-state index >= 15 is 0 Å². The summed E-state index contributed by atoms with van der Waals surface area (Å²) in [6.45, 7) is -0.0723. The van der Waals surface area contributed by atoms with Gasteiger partial charge in [0.1, 0.15) is 18.5 Å². The highest BCUT2D eigenvalue weighted by molar-refractivity contribution is 5.45. The lowest BCUT2D eigenvalue weighted by molar-refractivity contribution is 0.117. The van der Waals surface area contributed by atoms with Crippen molar-refractivity contribution in [2.45, 2.75) is 6.10 Å². The number of para-hydroxylation sites is 1. The van der Waals surface area contributed by atoms with Crippen LogP contribution in [0.2, 0.25) is 0 Å². The SMILES string of the molecule is OC(CNc1ccc(F)c(F)c1F)COc1ccccc1. The number of halogens is 3. The molecule has 0 spiro atoms. The van der Waals surface area contributed by atoms with Crippen LogP contribution in [0.1, 0.15) is 0 Å². The summed E-state index contributed by atoms with van der Waals surface area (Å²) in [4.78, 5) is 0. The van der Waals surface area contributed by atoms with Gasteiger partial charge in [0.25, 0.3) is 0 Å². The molecule has 0 heterocycles. The summed E-state index contributed by atoms with van der Waals surface area (Å²) in [7, 11) is 0. The third-order valence-corrected chi connectivity index (χ3v) is 2.75. The number of rotatable bonds is 6. The van der Waals surface area contributed by atoms with E-state index in [2.05, 4.69) is 5.32 Å². The summed E-state index contributed by atoms with van der Waals surface area (Å²) in [5, 5.41) is 12.2. The molecule has 6 heteroatoms. The second-order valence-electron chi connectivity index (χ2n) is 4.38. The lowest BCUT2D eigenvalue weighted by atomic mass is 10.2. The molecule has 1 unspecified atom stereocenters. The summed E-state index contributed by atoms with van der Waals surface area (Å²) in [6, 6.07) is 10.8. The molecule has 112 valence electrons. The molecular weight excluding hydrogens is 283 g/mol. The second-order valence-corrected chi connectivity index (χ2v) is 4.38. The van der Waals surface area contributed by atoms with Gasteiger partial charge in [-0.15, -0.1) is 0 Å². The van der Waals surface area contributed by atoms with Gasteiger partial charge in [0, 0.05) is 6.54 Å². The van der Waals surface area contributed by atoms with Crippen molar-refractivity contribution in [2.75, 3.05) is 18.5 Å². The van der Waals surface area contributed by atoms with Gasteiger partial charge in [-0.2, -0.15) is 0 Å². The van der Waals surface area contributed by atoms with E-state index in [0.29, 0.717) is 5.75 Å². The molecule has 0 saturated carbocycles. The highest BCUT2D eigenvalue weighted by Crippen LogP contribution is 2.19. The van der Waals surface area contributed by atoms with Crippen molar-refractivity contribution in [3.8, 4) is 5.75 Å². The van der Waals surface area contributed by atoms with E-state index in [0.717, 1.165) is 12.1 Å². The van der Waals surface area contributed by atoms with Crippen LogP contribution in [-0.2, 0) is 0 Å². The van der Waals surface area contributed by atoms with Crippen molar-refractivity contribution in [3.05, 3.63) is 59.9 Å². The first-order valence-corrected chi connectivity index (χ1v) is 6.31. The zero-order valence-electron chi connectivity index (χ0n) is 11.0. The average molecular weight is 297 g/mol. The number of aliphatic hydroxyl groups is 1. The van der Waals surface area contributed by atoms with Gasteiger partial charge in [0.15, 0.2) is 17.5 Å². The molecule has 2 aromatic carbocycles. The molecule has 0 aliphatic heterocycles. The second kappa shape index (κ2) is 6.99. The minimum Gasteiger partial charge on any atom is -0.491 e. The van der Waals surface area contributed by atoms with Crippen LogP contribution in [0.4, 0.5) is 18.9 Å². The van der Waals surface area contributed by atoms with Crippen molar-refractivity contribution in [1.82, 2.24) is 0 Å². The Balaban J connectivity index is 1.84. The van der Waals surface area contributed by atoms with Crippen LogP contribution in [0, 0.1) is 17.5 Å². The van der Waals surface area contributed by atoms with Crippen molar-refractivity contribution in [3.63, 3.8) is 0 Å². The van der Waals surface area contributed by atoms with Crippen LogP contribution in [0.3, 0.4) is 0 Å². The Morgan fingerprint density at radius 2 is 1.71 bits per heavy atom. The van der Waals surface area contributed by atoms with Gasteiger partial charge in [0.05, 0.1) is 5.69 Å².